The first kappa shape index (κ1) is 21.5. The van der Waals surface area contributed by atoms with Gasteiger partial charge in [-0.1, -0.05) is 0 Å². The monoisotopic (exact) mass is 473 g/mol. The Morgan fingerprint density at radius 3 is 2.77 bits per heavy atom. The van der Waals surface area contributed by atoms with Crippen LogP contribution in [0.3, 0.4) is 0 Å². The summed E-state index contributed by atoms with van der Waals surface area (Å²) < 4.78 is 26.8. The molecule has 2 saturated heterocycles. The van der Waals surface area contributed by atoms with Gasteiger partial charge in [0.05, 0.1) is 22.2 Å². The van der Waals surface area contributed by atoms with E-state index in [0.717, 1.165) is 5.39 Å². The van der Waals surface area contributed by atoms with Crippen molar-refractivity contribution in [2.75, 3.05) is 18.1 Å². The van der Waals surface area contributed by atoms with Gasteiger partial charge in [0.15, 0.2) is 12.0 Å². The summed E-state index contributed by atoms with van der Waals surface area (Å²) in [7, 11) is 0. The normalized spacial score (nSPS) is 25.1. The second-order valence-corrected chi connectivity index (χ2v) is 9.04. The van der Waals surface area contributed by atoms with E-state index in [1.54, 1.807) is 18.2 Å². The zero-order chi connectivity index (χ0) is 24.3. The van der Waals surface area contributed by atoms with Crippen LogP contribution >= 0.6 is 0 Å². The highest BCUT2D eigenvalue weighted by molar-refractivity contribution is 5.93. The number of nitriles is 1. The summed E-state index contributed by atoms with van der Waals surface area (Å²) in [5.74, 6) is 0.234. The molecular formula is C24H23N7O4. The van der Waals surface area contributed by atoms with Crippen LogP contribution < -0.4 is 16.2 Å². The molecule has 1 aromatic carbocycles. The van der Waals surface area contributed by atoms with E-state index in [1.807, 2.05) is 36.7 Å². The van der Waals surface area contributed by atoms with Gasteiger partial charge in [-0.15, -0.1) is 0 Å². The number of hydrogen-bond donors (Lipinski definition) is 2. The minimum atomic E-state index is -0.768. The van der Waals surface area contributed by atoms with Gasteiger partial charge in [-0.3, -0.25) is 4.98 Å². The van der Waals surface area contributed by atoms with Crippen LogP contribution in [0.5, 0.6) is 5.75 Å². The minimum absolute atomic E-state index is 0.227. The van der Waals surface area contributed by atoms with Gasteiger partial charge < -0.3 is 35.0 Å². The molecule has 0 spiro atoms. The van der Waals surface area contributed by atoms with Crippen molar-refractivity contribution in [1.29, 1.82) is 5.26 Å². The lowest BCUT2D eigenvalue weighted by atomic mass is 10.1. The van der Waals surface area contributed by atoms with E-state index in [2.05, 4.69) is 15.0 Å². The van der Waals surface area contributed by atoms with Crippen molar-refractivity contribution < 1.29 is 18.9 Å². The smallest absolute Gasteiger partial charge is 0.164 e. The summed E-state index contributed by atoms with van der Waals surface area (Å²) in [6.07, 6.45) is 3.15. The molecule has 11 nitrogen and oxygen atoms in total. The van der Waals surface area contributed by atoms with Crippen molar-refractivity contribution in [3.05, 3.63) is 48.5 Å². The van der Waals surface area contributed by atoms with Crippen LogP contribution in [0.15, 0.2) is 43.0 Å². The molecule has 0 radical (unpaired) electrons. The number of hydrogen-bond acceptors (Lipinski definition) is 10. The first-order valence-electron chi connectivity index (χ1n) is 11.1. The number of benzene rings is 1. The summed E-state index contributed by atoms with van der Waals surface area (Å²) in [4.78, 5) is 12.8. The number of anilines is 2. The van der Waals surface area contributed by atoms with Crippen molar-refractivity contribution in [1.82, 2.24) is 19.5 Å². The van der Waals surface area contributed by atoms with Gasteiger partial charge in [-0.05, 0) is 32.0 Å². The number of nitrogen functional groups attached to an aromatic ring is 2. The Bertz CT molecular complexity index is 1490. The summed E-state index contributed by atoms with van der Waals surface area (Å²) >= 11 is 0. The lowest BCUT2D eigenvalue weighted by Crippen LogP contribution is -2.33. The molecule has 178 valence electrons. The summed E-state index contributed by atoms with van der Waals surface area (Å²) in [6.45, 7) is 3.98. The van der Waals surface area contributed by atoms with Crippen LogP contribution in [-0.2, 0) is 14.2 Å². The Morgan fingerprint density at radius 1 is 1.11 bits per heavy atom. The van der Waals surface area contributed by atoms with Gasteiger partial charge in [0.25, 0.3) is 0 Å². The van der Waals surface area contributed by atoms with Crippen molar-refractivity contribution >= 4 is 33.4 Å². The summed E-state index contributed by atoms with van der Waals surface area (Å²) in [5, 5.41) is 10.6. The van der Waals surface area contributed by atoms with Crippen LogP contribution in [0.1, 0.15) is 25.6 Å². The molecule has 0 amide bonds. The van der Waals surface area contributed by atoms with Crippen molar-refractivity contribution in [3.8, 4) is 11.8 Å². The molecule has 2 fully saturated rings. The third-order valence-corrected chi connectivity index (χ3v) is 6.36. The molecule has 11 heteroatoms. The molecule has 4 N–H and O–H groups in total. The molecule has 0 saturated carbocycles. The zero-order valence-electron chi connectivity index (χ0n) is 19.1. The minimum Gasteiger partial charge on any atom is -0.491 e. The van der Waals surface area contributed by atoms with E-state index >= 15 is 0 Å². The van der Waals surface area contributed by atoms with Crippen LogP contribution in [-0.4, -0.2) is 50.2 Å². The van der Waals surface area contributed by atoms with Gasteiger partial charge in [0.2, 0.25) is 0 Å². The Kier molecular flexibility index (Phi) is 4.79. The highest BCUT2D eigenvalue weighted by atomic mass is 16.8. The predicted molar refractivity (Wildman–Crippen MR) is 126 cm³/mol. The van der Waals surface area contributed by atoms with Crippen LogP contribution in [0, 0.1) is 11.3 Å². The van der Waals surface area contributed by atoms with E-state index < -0.39 is 18.1 Å². The maximum absolute atomic E-state index is 9.17. The van der Waals surface area contributed by atoms with E-state index in [4.69, 9.17) is 35.7 Å². The maximum Gasteiger partial charge on any atom is 0.164 e. The van der Waals surface area contributed by atoms with Crippen LogP contribution in [0.25, 0.3) is 21.9 Å². The molecule has 4 atom stereocenters. The predicted octanol–water partition coefficient (Wildman–Crippen LogP) is 2.51. The number of nitrogens with zero attached hydrogens (tertiary/aromatic N) is 5. The topological polar surface area (TPSA) is 156 Å². The fourth-order valence-electron chi connectivity index (χ4n) is 4.77. The molecule has 6 rings (SSSR count). The summed E-state index contributed by atoms with van der Waals surface area (Å²) in [5.41, 5.74) is 14.1. The second kappa shape index (κ2) is 7.78. The van der Waals surface area contributed by atoms with Gasteiger partial charge >= 0.3 is 0 Å². The average Bonchev–Trinajstić information content (AvgIpc) is 3.49. The van der Waals surface area contributed by atoms with E-state index in [-0.39, 0.29) is 18.8 Å². The quantitative estimate of drug-likeness (QED) is 0.451. The average molecular weight is 473 g/mol. The maximum atomic E-state index is 9.17. The van der Waals surface area contributed by atoms with Crippen molar-refractivity contribution in [2.45, 2.75) is 44.2 Å². The first-order chi connectivity index (χ1) is 16.8. The molecule has 3 aromatic heterocycles. The lowest BCUT2D eigenvalue weighted by Gasteiger charge is -2.25. The number of fused-ring (bicyclic) bond motifs is 3. The SMILES string of the molecule is CC1(C)O[C@@H]2[C@H](O1)[C@@H](COc1ccc3c(N)c(C#N)cnc3c1)O[C@H]2n1ccc2c(N)ncnc21. The number of rotatable bonds is 4. The van der Waals surface area contributed by atoms with Gasteiger partial charge in [0.1, 0.15) is 54.5 Å². The molecule has 0 bridgehead atoms. The number of nitrogens with two attached hydrogens (primary N) is 2. The van der Waals surface area contributed by atoms with E-state index in [9.17, 15) is 0 Å². The highest BCUT2D eigenvalue weighted by Crippen LogP contribution is 2.44. The number of ether oxygens (including phenoxy) is 4. The van der Waals surface area contributed by atoms with Crippen LogP contribution in [0.2, 0.25) is 0 Å². The number of pyridine rings is 1. The third kappa shape index (κ3) is 3.50. The standard InChI is InChI=1S/C24H23N7O4/c1-24(2)34-19-17(10-32-13-3-4-14-16(7-13)28-9-12(8-25)18(14)26)33-23(20(19)35-24)31-6-5-15-21(27)29-11-30-22(15)31/h3-7,9,11,17,19-20,23H,10H2,1-2H3,(H2,26,28)(H2,27,29,30)/t17-,19-,20-,23-/m1/s1. The molecule has 0 aliphatic carbocycles. The Labute approximate surface area is 200 Å². The molecule has 2 aliphatic heterocycles. The lowest BCUT2D eigenvalue weighted by molar-refractivity contribution is -0.198. The summed E-state index contributed by atoms with van der Waals surface area (Å²) in [6, 6.07) is 9.28. The molecule has 4 aromatic rings. The van der Waals surface area contributed by atoms with Gasteiger partial charge in [-0.2, -0.15) is 5.26 Å². The van der Waals surface area contributed by atoms with E-state index in [0.29, 0.717) is 39.4 Å². The van der Waals surface area contributed by atoms with E-state index in [1.165, 1.54) is 12.5 Å². The van der Waals surface area contributed by atoms with Gasteiger partial charge in [0, 0.05) is 23.8 Å². The van der Waals surface area contributed by atoms with Gasteiger partial charge in [-0.25, -0.2) is 9.97 Å². The first-order valence-corrected chi connectivity index (χ1v) is 11.1. The molecule has 0 unspecified atom stereocenters. The largest absolute Gasteiger partial charge is 0.491 e. The Hall–Kier alpha value is -3.98. The molecule has 2 aliphatic rings. The molecule has 35 heavy (non-hydrogen) atoms. The Morgan fingerprint density at radius 2 is 1.94 bits per heavy atom. The Balaban J connectivity index is 1.26. The molecule has 5 heterocycles. The molecular weight excluding hydrogens is 450 g/mol. The fraction of sp³-hybridized carbons (Fsp3) is 0.333. The van der Waals surface area contributed by atoms with Crippen molar-refractivity contribution in [3.63, 3.8) is 0 Å². The zero-order valence-corrected chi connectivity index (χ0v) is 19.1. The second-order valence-electron chi connectivity index (χ2n) is 9.04. The highest BCUT2D eigenvalue weighted by Gasteiger charge is 2.56. The fourth-order valence-corrected chi connectivity index (χ4v) is 4.77. The third-order valence-electron chi connectivity index (χ3n) is 6.36. The van der Waals surface area contributed by atoms with Crippen molar-refractivity contribution in [2.24, 2.45) is 0 Å². The number of aromatic nitrogens is 4. The van der Waals surface area contributed by atoms with Crippen LogP contribution in [0.4, 0.5) is 11.5 Å².